The number of benzene rings is 1. The number of pyridine rings is 1. The van der Waals surface area contributed by atoms with Crippen LogP contribution in [0.4, 0.5) is 5.69 Å². The van der Waals surface area contributed by atoms with Gasteiger partial charge in [0.2, 0.25) is 0 Å². The third kappa shape index (κ3) is 5.51. The molecule has 8 heteroatoms. The van der Waals surface area contributed by atoms with Crippen LogP contribution >= 0.6 is 47.2 Å². The average molecular weight is 453 g/mol. The van der Waals surface area contributed by atoms with Crippen molar-refractivity contribution in [2.24, 2.45) is 10.7 Å². The van der Waals surface area contributed by atoms with Crippen molar-refractivity contribution in [2.75, 3.05) is 12.4 Å². The van der Waals surface area contributed by atoms with Crippen LogP contribution in [0.5, 0.6) is 5.75 Å². The second-order valence-corrected chi connectivity index (χ2v) is 4.99. The summed E-state index contributed by atoms with van der Waals surface area (Å²) in [6.45, 7) is 0.361. The molecule has 2 aromatic rings. The number of hydrogen-bond acceptors (Lipinski definition) is 3. The van der Waals surface area contributed by atoms with Crippen molar-refractivity contribution in [1.82, 2.24) is 4.98 Å². The fourth-order valence-electron chi connectivity index (χ4n) is 1.60. The molecule has 1 heterocycles. The zero-order valence-corrected chi connectivity index (χ0v) is 15.6. The summed E-state index contributed by atoms with van der Waals surface area (Å²) >= 11 is 11.8. The van der Waals surface area contributed by atoms with Gasteiger partial charge in [-0.1, -0.05) is 23.2 Å². The van der Waals surface area contributed by atoms with Crippen molar-refractivity contribution in [3.8, 4) is 5.75 Å². The van der Waals surface area contributed by atoms with Gasteiger partial charge in [0, 0.05) is 11.9 Å². The molecule has 118 valence electrons. The number of methoxy groups -OCH3 is 1. The van der Waals surface area contributed by atoms with E-state index < -0.39 is 0 Å². The number of ether oxygens (including phenoxy) is 1. The molecule has 1 aromatic heterocycles. The minimum absolute atomic E-state index is 0. The van der Waals surface area contributed by atoms with Gasteiger partial charge in [-0.05, 0) is 30.3 Å². The van der Waals surface area contributed by atoms with Crippen LogP contribution in [0.1, 0.15) is 5.69 Å². The Morgan fingerprint density at radius 1 is 1.32 bits per heavy atom. The number of halogens is 3. The number of nitrogens with one attached hydrogen (secondary N) is 1. The highest BCUT2D eigenvalue weighted by Gasteiger charge is 2.02. The van der Waals surface area contributed by atoms with E-state index in [0.717, 1.165) is 11.4 Å². The van der Waals surface area contributed by atoms with Gasteiger partial charge in [-0.3, -0.25) is 4.98 Å². The smallest absolute Gasteiger partial charge is 0.193 e. The highest BCUT2D eigenvalue weighted by Crippen LogP contribution is 2.27. The first kappa shape index (κ1) is 18.8. The van der Waals surface area contributed by atoms with E-state index >= 15 is 0 Å². The molecule has 0 aliphatic heterocycles. The van der Waals surface area contributed by atoms with Crippen LogP contribution in [0.25, 0.3) is 0 Å². The number of rotatable bonds is 4. The Kier molecular flexibility index (Phi) is 7.70. The van der Waals surface area contributed by atoms with Crippen LogP contribution in [0.3, 0.4) is 0 Å². The van der Waals surface area contributed by atoms with Gasteiger partial charge >= 0.3 is 0 Å². The van der Waals surface area contributed by atoms with Gasteiger partial charge in [0.1, 0.15) is 5.75 Å². The SMILES string of the molecule is COc1ccc(NC(N)=NCc2ccc(Cl)cn2)cc1Cl.I. The topological polar surface area (TPSA) is 72.5 Å². The maximum atomic E-state index is 6.03. The molecule has 0 aliphatic carbocycles. The molecular weight excluding hydrogens is 438 g/mol. The number of anilines is 1. The monoisotopic (exact) mass is 452 g/mol. The first-order valence-electron chi connectivity index (χ1n) is 6.09. The van der Waals surface area contributed by atoms with Crippen molar-refractivity contribution in [1.29, 1.82) is 0 Å². The molecule has 1 aromatic carbocycles. The van der Waals surface area contributed by atoms with E-state index in [4.69, 9.17) is 33.7 Å². The number of nitrogens with zero attached hydrogens (tertiary/aromatic N) is 2. The standard InChI is InChI=1S/C14H14Cl2N4O.HI/c1-21-13-5-4-10(6-12(13)16)20-14(17)19-8-11-3-2-9(15)7-18-11;/h2-7H,8H2,1H3,(H3,17,19,20);1H. The summed E-state index contributed by atoms with van der Waals surface area (Å²) in [4.78, 5) is 8.33. The summed E-state index contributed by atoms with van der Waals surface area (Å²) < 4.78 is 5.08. The largest absolute Gasteiger partial charge is 0.495 e. The van der Waals surface area contributed by atoms with Crippen molar-refractivity contribution in [3.05, 3.63) is 52.3 Å². The lowest BCUT2D eigenvalue weighted by Crippen LogP contribution is -2.22. The molecule has 0 saturated carbocycles. The Morgan fingerprint density at radius 3 is 2.68 bits per heavy atom. The molecule has 0 radical (unpaired) electrons. The highest BCUT2D eigenvalue weighted by atomic mass is 127. The Bertz CT molecular complexity index is 650. The number of guanidine groups is 1. The van der Waals surface area contributed by atoms with Gasteiger partial charge in [-0.25, -0.2) is 4.99 Å². The fourth-order valence-corrected chi connectivity index (χ4v) is 1.97. The van der Waals surface area contributed by atoms with Gasteiger partial charge in [-0.2, -0.15) is 0 Å². The summed E-state index contributed by atoms with van der Waals surface area (Å²) in [6, 6.07) is 8.81. The maximum absolute atomic E-state index is 6.03. The highest BCUT2D eigenvalue weighted by molar-refractivity contribution is 14.0. The van der Waals surface area contributed by atoms with Crippen LogP contribution in [0.15, 0.2) is 41.5 Å². The Labute approximate surface area is 155 Å². The molecule has 5 nitrogen and oxygen atoms in total. The van der Waals surface area contributed by atoms with Gasteiger partial charge in [0.15, 0.2) is 5.96 Å². The van der Waals surface area contributed by atoms with E-state index in [0.29, 0.717) is 22.3 Å². The third-order valence-electron chi connectivity index (χ3n) is 2.62. The average Bonchev–Trinajstić information content (AvgIpc) is 2.47. The zero-order valence-electron chi connectivity index (χ0n) is 11.7. The lowest BCUT2D eigenvalue weighted by Gasteiger charge is -2.08. The van der Waals surface area contributed by atoms with Crippen LogP contribution in [-0.4, -0.2) is 18.1 Å². The molecule has 0 aliphatic rings. The molecule has 0 spiro atoms. The molecule has 0 amide bonds. The van der Waals surface area contributed by atoms with Gasteiger partial charge < -0.3 is 15.8 Å². The molecule has 0 fully saturated rings. The predicted molar refractivity (Wildman–Crippen MR) is 102 cm³/mol. The van der Waals surface area contributed by atoms with Gasteiger partial charge in [-0.15, -0.1) is 24.0 Å². The van der Waals surface area contributed by atoms with Gasteiger partial charge in [0.25, 0.3) is 0 Å². The lowest BCUT2D eigenvalue weighted by atomic mass is 10.3. The minimum Gasteiger partial charge on any atom is -0.495 e. The maximum Gasteiger partial charge on any atom is 0.193 e. The normalized spacial score (nSPS) is 10.8. The summed E-state index contributed by atoms with van der Waals surface area (Å²) in [5.74, 6) is 0.871. The van der Waals surface area contributed by atoms with Crippen LogP contribution in [-0.2, 0) is 6.54 Å². The second-order valence-electron chi connectivity index (χ2n) is 4.14. The van der Waals surface area contributed by atoms with E-state index in [2.05, 4.69) is 15.3 Å². The Hall–Kier alpha value is -1.25. The zero-order chi connectivity index (χ0) is 15.2. The Balaban J connectivity index is 0.00000242. The summed E-state index contributed by atoms with van der Waals surface area (Å²) in [5, 5.41) is 4.03. The Morgan fingerprint density at radius 2 is 2.09 bits per heavy atom. The summed E-state index contributed by atoms with van der Waals surface area (Å²) in [6.07, 6.45) is 1.57. The lowest BCUT2D eigenvalue weighted by molar-refractivity contribution is 0.415. The summed E-state index contributed by atoms with van der Waals surface area (Å²) in [5.41, 5.74) is 7.32. The van der Waals surface area contributed by atoms with Gasteiger partial charge in [0.05, 0.1) is 29.4 Å². The molecule has 0 atom stereocenters. The number of nitrogens with two attached hydrogens (primary N) is 1. The molecule has 2 rings (SSSR count). The summed E-state index contributed by atoms with van der Waals surface area (Å²) in [7, 11) is 1.56. The number of hydrogen-bond donors (Lipinski definition) is 2. The number of aromatic nitrogens is 1. The van der Waals surface area contributed by atoms with Crippen LogP contribution in [0, 0.1) is 0 Å². The van der Waals surface area contributed by atoms with Crippen LogP contribution < -0.4 is 15.8 Å². The first-order chi connectivity index (χ1) is 10.1. The quantitative estimate of drug-likeness (QED) is 0.418. The van der Waals surface area contributed by atoms with E-state index in [-0.39, 0.29) is 29.9 Å². The van der Waals surface area contributed by atoms with Crippen molar-refractivity contribution in [3.63, 3.8) is 0 Å². The van der Waals surface area contributed by atoms with Crippen molar-refractivity contribution in [2.45, 2.75) is 6.54 Å². The minimum atomic E-state index is 0. The van der Waals surface area contributed by atoms with Crippen molar-refractivity contribution >= 4 is 58.8 Å². The molecule has 22 heavy (non-hydrogen) atoms. The fraction of sp³-hybridized carbons (Fsp3) is 0.143. The van der Waals surface area contributed by atoms with Crippen molar-refractivity contribution < 1.29 is 4.74 Å². The van der Waals surface area contributed by atoms with E-state index in [9.17, 15) is 0 Å². The first-order valence-corrected chi connectivity index (χ1v) is 6.85. The number of aliphatic imine (C=N–C) groups is 1. The third-order valence-corrected chi connectivity index (χ3v) is 3.14. The van der Waals surface area contributed by atoms with E-state index in [1.807, 2.05) is 0 Å². The molecular formula is C14H15Cl2IN4O. The van der Waals surface area contributed by atoms with Crippen LogP contribution in [0.2, 0.25) is 10.0 Å². The second kappa shape index (κ2) is 9.02. The molecule has 0 unspecified atom stereocenters. The molecule has 0 bridgehead atoms. The predicted octanol–water partition coefficient (Wildman–Crippen LogP) is 3.94. The molecule has 3 N–H and O–H groups in total. The van der Waals surface area contributed by atoms with E-state index in [1.54, 1.807) is 43.6 Å². The molecule has 0 saturated heterocycles. The van der Waals surface area contributed by atoms with E-state index in [1.165, 1.54) is 0 Å².